The number of benzene rings is 2. The quantitative estimate of drug-likeness (QED) is 0.550. The summed E-state index contributed by atoms with van der Waals surface area (Å²) in [7, 11) is 0. The van der Waals surface area contributed by atoms with Gasteiger partial charge >= 0.3 is 0 Å². The van der Waals surface area contributed by atoms with Crippen molar-refractivity contribution in [2.45, 2.75) is 26.4 Å². The zero-order chi connectivity index (χ0) is 20.8. The number of aromatic amines is 1. The number of nitrogens with one attached hydrogen (secondary N) is 1. The maximum Gasteiger partial charge on any atom is 0.275 e. The molecular formula is C22H18FN5OS. The molecule has 0 spiro atoms. The lowest BCUT2D eigenvalue weighted by molar-refractivity contribution is 0.240. The minimum atomic E-state index is -0.389. The molecule has 1 N–H and O–H groups in total. The first-order valence-corrected chi connectivity index (χ1v) is 10.4. The number of hydrogen-bond acceptors (Lipinski definition) is 5. The first-order chi connectivity index (χ1) is 14.5. The van der Waals surface area contributed by atoms with Crippen LogP contribution in [0.2, 0.25) is 0 Å². The maximum absolute atomic E-state index is 14.3. The Labute approximate surface area is 175 Å². The van der Waals surface area contributed by atoms with E-state index in [9.17, 15) is 9.18 Å². The Bertz CT molecular complexity index is 1380. The second-order valence-corrected chi connectivity index (χ2v) is 8.71. The molecule has 0 atom stereocenters. The molecule has 1 aliphatic heterocycles. The van der Waals surface area contributed by atoms with E-state index in [2.05, 4.69) is 15.0 Å². The van der Waals surface area contributed by atoms with Crippen molar-refractivity contribution in [2.24, 2.45) is 0 Å². The summed E-state index contributed by atoms with van der Waals surface area (Å²) in [5.74, 6) is -0.389. The fraction of sp³-hybridized carbons (Fsp3) is 0.227. The highest BCUT2D eigenvalue weighted by Crippen LogP contribution is 2.25. The van der Waals surface area contributed by atoms with E-state index in [1.54, 1.807) is 28.2 Å². The van der Waals surface area contributed by atoms with Gasteiger partial charge in [0.15, 0.2) is 0 Å². The number of halogens is 1. The van der Waals surface area contributed by atoms with Crippen LogP contribution in [0.25, 0.3) is 15.9 Å². The van der Waals surface area contributed by atoms with Crippen molar-refractivity contribution >= 4 is 21.6 Å². The molecule has 0 saturated carbocycles. The highest BCUT2D eigenvalue weighted by molar-refractivity contribution is 7.18. The van der Waals surface area contributed by atoms with Gasteiger partial charge in [-0.2, -0.15) is 5.26 Å². The lowest BCUT2D eigenvalue weighted by Crippen LogP contribution is -2.32. The van der Waals surface area contributed by atoms with E-state index in [0.717, 1.165) is 38.7 Å². The van der Waals surface area contributed by atoms with E-state index in [4.69, 9.17) is 5.26 Å². The van der Waals surface area contributed by atoms with Crippen molar-refractivity contribution in [1.29, 1.82) is 5.26 Å². The minimum Gasteiger partial charge on any atom is -0.295 e. The van der Waals surface area contributed by atoms with Crippen LogP contribution < -0.4 is 5.56 Å². The zero-order valence-electron chi connectivity index (χ0n) is 16.3. The van der Waals surface area contributed by atoms with Gasteiger partial charge in [0, 0.05) is 37.3 Å². The smallest absolute Gasteiger partial charge is 0.275 e. The Morgan fingerprint density at radius 1 is 1.30 bits per heavy atom. The van der Waals surface area contributed by atoms with E-state index in [-0.39, 0.29) is 11.4 Å². The Morgan fingerprint density at radius 2 is 2.17 bits per heavy atom. The zero-order valence-corrected chi connectivity index (χ0v) is 17.1. The second-order valence-electron chi connectivity index (χ2n) is 7.47. The summed E-state index contributed by atoms with van der Waals surface area (Å²) < 4.78 is 16.9. The largest absolute Gasteiger partial charge is 0.295 e. The molecule has 2 aromatic carbocycles. The van der Waals surface area contributed by atoms with E-state index >= 15 is 0 Å². The molecule has 1 aliphatic rings. The summed E-state index contributed by atoms with van der Waals surface area (Å²) in [6, 6.07) is 12.3. The highest BCUT2D eigenvalue weighted by Gasteiger charge is 2.24. The Hall–Kier alpha value is -3.28. The fourth-order valence-electron chi connectivity index (χ4n) is 3.93. The third kappa shape index (κ3) is 3.22. The van der Waals surface area contributed by atoms with Crippen LogP contribution in [0, 0.1) is 24.1 Å². The molecule has 0 fully saturated rings. The molecule has 0 radical (unpaired) electrons. The third-order valence-electron chi connectivity index (χ3n) is 5.45. The molecule has 4 aromatic rings. The van der Waals surface area contributed by atoms with Gasteiger partial charge in [-0.25, -0.2) is 14.1 Å². The predicted octanol–water partition coefficient (Wildman–Crippen LogP) is 3.65. The van der Waals surface area contributed by atoms with Crippen molar-refractivity contribution in [3.8, 4) is 11.8 Å². The molecule has 0 unspecified atom stereocenters. The van der Waals surface area contributed by atoms with Crippen LogP contribution >= 0.6 is 11.3 Å². The van der Waals surface area contributed by atoms with Crippen molar-refractivity contribution in [3.63, 3.8) is 0 Å². The van der Waals surface area contributed by atoms with Gasteiger partial charge in [-0.3, -0.25) is 14.8 Å². The average Bonchev–Trinajstić information content (AvgIpc) is 3.27. The third-order valence-corrected chi connectivity index (χ3v) is 6.38. The van der Waals surface area contributed by atoms with E-state index in [0.29, 0.717) is 30.6 Å². The molecule has 2 aromatic heterocycles. The van der Waals surface area contributed by atoms with Crippen molar-refractivity contribution in [1.82, 2.24) is 19.7 Å². The van der Waals surface area contributed by atoms with Gasteiger partial charge in [0.05, 0.1) is 38.1 Å². The molecule has 30 heavy (non-hydrogen) atoms. The van der Waals surface area contributed by atoms with Crippen LogP contribution in [0.5, 0.6) is 0 Å². The minimum absolute atomic E-state index is 0.0735. The van der Waals surface area contributed by atoms with E-state index in [1.807, 2.05) is 31.2 Å². The molecule has 0 aliphatic carbocycles. The second kappa shape index (κ2) is 7.20. The summed E-state index contributed by atoms with van der Waals surface area (Å²) in [5.41, 5.74) is 4.12. The summed E-state index contributed by atoms with van der Waals surface area (Å²) in [4.78, 5) is 19.6. The van der Waals surface area contributed by atoms with Crippen LogP contribution in [0.4, 0.5) is 4.39 Å². The molecule has 8 heteroatoms. The van der Waals surface area contributed by atoms with Crippen LogP contribution in [0.15, 0.2) is 41.2 Å². The topological polar surface area (TPSA) is 77.7 Å². The average molecular weight is 419 g/mol. The summed E-state index contributed by atoms with van der Waals surface area (Å²) in [6.45, 7) is 3.54. The van der Waals surface area contributed by atoms with Crippen molar-refractivity contribution < 1.29 is 4.39 Å². The van der Waals surface area contributed by atoms with Crippen LogP contribution in [-0.2, 0) is 19.5 Å². The Kier molecular flexibility index (Phi) is 4.50. The van der Waals surface area contributed by atoms with Gasteiger partial charge in [-0.05, 0) is 37.3 Å². The lowest BCUT2D eigenvalue weighted by Gasteiger charge is -2.26. The maximum atomic E-state index is 14.3. The standard InChI is InChI=1S/C22H18FN5OS/c1-13-25-20-5-4-16(9-21(20)30-13)28-22(29)17-12-27(7-6-19(17)26-28)11-15-3-2-14(10-24)8-18(15)23/h2-5,8-9,26H,6-7,11-12H2,1H3. The fourth-order valence-corrected chi connectivity index (χ4v) is 4.79. The Balaban J connectivity index is 1.42. The number of H-pyrrole nitrogens is 1. The molecule has 0 saturated heterocycles. The normalized spacial score (nSPS) is 14.0. The first kappa shape index (κ1) is 18.7. The first-order valence-electron chi connectivity index (χ1n) is 9.63. The lowest BCUT2D eigenvalue weighted by atomic mass is 10.1. The predicted molar refractivity (Wildman–Crippen MR) is 113 cm³/mol. The number of nitriles is 1. The molecule has 5 rings (SSSR count). The number of rotatable bonds is 3. The van der Waals surface area contributed by atoms with Gasteiger partial charge in [0.2, 0.25) is 0 Å². The molecule has 6 nitrogen and oxygen atoms in total. The molecule has 0 bridgehead atoms. The van der Waals surface area contributed by atoms with Gasteiger partial charge in [-0.15, -0.1) is 11.3 Å². The number of fused-ring (bicyclic) bond motifs is 2. The van der Waals surface area contributed by atoms with Gasteiger partial charge in [-0.1, -0.05) is 6.07 Å². The van der Waals surface area contributed by atoms with Gasteiger partial charge in [0.25, 0.3) is 5.56 Å². The van der Waals surface area contributed by atoms with Crippen molar-refractivity contribution in [2.75, 3.05) is 6.54 Å². The summed E-state index contributed by atoms with van der Waals surface area (Å²) in [6.07, 6.45) is 0.692. The van der Waals surface area contributed by atoms with E-state index < -0.39 is 0 Å². The van der Waals surface area contributed by atoms with Crippen LogP contribution in [-0.4, -0.2) is 26.2 Å². The van der Waals surface area contributed by atoms with Gasteiger partial charge in [0.1, 0.15) is 5.82 Å². The number of nitrogens with zero attached hydrogens (tertiary/aromatic N) is 4. The summed E-state index contributed by atoms with van der Waals surface area (Å²) in [5, 5.41) is 13.1. The number of thiazole rings is 1. The molecule has 3 heterocycles. The van der Waals surface area contributed by atoms with E-state index in [1.165, 1.54) is 6.07 Å². The highest BCUT2D eigenvalue weighted by atomic mass is 32.1. The SMILES string of the molecule is Cc1nc2ccc(-n3[nH]c4c(c3=O)CN(Cc3ccc(C#N)cc3F)CC4)cc2s1. The monoisotopic (exact) mass is 419 g/mol. The molecular weight excluding hydrogens is 401 g/mol. The van der Waals surface area contributed by atoms with Crippen LogP contribution in [0.3, 0.4) is 0 Å². The Morgan fingerprint density at radius 3 is 2.97 bits per heavy atom. The van der Waals surface area contributed by atoms with Crippen LogP contribution in [0.1, 0.15) is 27.4 Å². The summed E-state index contributed by atoms with van der Waals surface area (Å²) >= 11 is 1.60. The molecule has 0 amide bonds. The number of aryl methyl sites for hydroxylation is 1. The van der Waals surface area contributed by atoms with Crippen molar-refractivity contribution in [3.05, 3.63) is 80.0 Å². The van der Waals surface area contributed by atoms with Gasteiger partial charge < -0.3 is 0 Å². The number of hydrogen-bond donors (Lipinski definition) is 1. The number of aromatic nitrogens is 3. The molecule has 150 valence electrons.